The highest BCUT2D eigenvalue weighted by molar-refractivity contribution is 7.26. The summed E-state index contributed by atoms with van der Waals surface area (Å²) >= 11 is 1.80. The predicted molar refractivity (Wildman–Crippen MR) is 139 cm³/mol. The van der Waals surface area contributed by atoms with Gasteiger partial charge in [0.05, 0.1) is 15.1 Å². The summed E-state index contributed by atoms with van der Waals surface area (Å²) < 4.78 is 8.77. The van der Waals surface area contributed by atoms with E-state index < -0.39 is 0 Å². The Morgan fingerprint density at radius 1 is 0.969 bits per heavy atom. The third kappa shape index (κ3) is 3.73. The van der Waals surface area contributed by atoms with E-state index in [1.54, 1.807) is 11.3 Å². The van der Waals surface area contributed by atoms with Crippen LogP contribution in [0.15, 0.2) is 59.1 Å². The molecule has 3 heterocycles. The van der Waals surface area contributed by atoms with Gasteiger partial charge in [-0.25, -0.2) is 0 Å². The van der Waals surface area contributed by atoms with Gasteiger partial charge in [-0.1, -0.05) is 58.9 Å². The van der Waals surface area contributed by atoms with Crippen LogP contribution < -0.4 is 0 Å². The molecule has 5 aromatic rings. The molecule has 32 heavy (non-hydrogen) atoms. The average Bonchev–Trinajstić information content (AvgIpc) is 3.30. The van der Waals surface area contributed by atoms with Crippen LogP contribution in [0, 0.1) is 5.41 Å². The summed E-state index contributed by atoms with van der Waals surface area (Å²) in [4.78, 5) is 4.86. The third-order valence-electron chi connectivity index (χ3n) is 6.41. The van der Waals surface area contributed by atoms with Crippen molar-refractivity contribution in [3.63, 3.8) is 0 Å². The summed E-state index contributed by atoms with van der Waals surface area (Å²) in [7, 11) is 0. The largest absolute Gasteiger partial charge is 0.459 e. The molecule has 0 aliphatic heterocycles. The number of furan rings is 1. The van der Waals surface area contributed by atoms with Crippen LogP contribution in [0.2, 0.25) is 0 Å². The smallest absolute Gasteiger partial charge is 0.153 e. The Morgan fingerprint density at radius 2 is 1.75 bits per heavy atom. The maximum Gasteiger partial charge on any atom is 0.153 e. The Balaban J connectivity index is 1.70. The van der Waals surface area contributed by atoms with Gasteiger partial charge < -0.3 is 4.42 Å². The summed E-state index contributed by atoms with van der Waals surface area (Å²) in [6.45, 7) is 11.3. The Hall–Kier alpha value is -2.65. The van der Waals surface area contributed by atoms with Gasteiger partial charge in [-0.15, -0.1) is 11.3 Å². The molecular weight excluding hydrogens is 410 g/mol. The van der Waals surface area contributed by atoms with Crippen molar-refractivity contribution < 1.29 is 4.42 Å². The molecule has 164 valence electrons. The SMILES string of the molecule is CCC(CC)c1cc(-c2nccc3c2sc2cc(CC(C)(C)C)oc23)cc2ccccc12. The number of nitrogens with zero attached hydrogens (tertiary/aromatic N) is 1. The molecular formula is C29H31NOS. The van der Waals surface area contributed by atoms with Gasteiger partial charge >= 0.3 is 0 Å². The number of fused-ring (bicyclic) bond motifs is 4. The summed E-state index contributed by atoms with van der Waals surface area (Å²) in [5.74, 6) is 1.62. The molecule has 0 saturated carbocycles. The number of pyridine rings is 1. The normalized spacial score (nSPS) is 12.6. The van der Waals surface area contributed by atoms with Gasteiger partial charge in [-0.3, -0.25) is 4.98 Å². The molecule has 5 rings (SSSR count). The van der Waals surface area contributed by atoms with Crippen LogP contribution in [-0.4, -0.2) is 4.98 Å². The summed E-state index contributed by atoms with van der Waals surface area (Å²) in [6.07, 6.45) is 5.16. The monoisotopic (exact) mass is 441 g/mol. The molecule has 0 bridgehead atoms. The Bertz CT molecular complexity index is 1410. The fourth-order valence-electron chi connectivity index (χ4n) is 4.89. The van der Waals surface area contributed by atoms with Crippen LogP contribution in [0.4, 0.5) is 0 Å². The minimum atomic E-state index is 0.207. The number of hydrogen-bond donors (Lipinski definition) is 0. The van der Waals surface area contributed by atoms with Crippen LogP contribution in [0.25, 0.3) is 42.4 Å². The summed E-state index contributed by atoms with van der Waals surface area (Å²) in [6, 6.07) is 17.8. The Kier molecular flexibility index (Phi) is 5.33. The zero-order valence-corrected chi connectivity index (χ0v) is 20.5. The van der Waals surface area contributed by atoms with Gasteiger partial charge in [0, 0.05) is 23.6 Å². The van der Waals surface area contributed by atoms with Crippen molar-refractivity contribution in [3.05, 3.63) is 66.1 Å². The van der Waals surface area contributed by atoms with Crippen molar-refractivity contribution in [2.75, 3.05) is 0 Å². The third-order valence-corrected chi connectivity index (χ3v) is 7.55. The van der Waals surface area contributed by atoms with Gasteiger partial charge in [0.15, 0.2) is 5.58 Å². The van der Waals surface area contributed by atoms with E-state index in [-0.39, 0.29) is 5.41 Å². The van der Waals surface area contributed by atoms with E-state index in [9.17, 15) is 0 Å². The van der Waals surface area contributed by atoms with Crippen molar-refractivity contribution in [3.8, 4) is 11.3 Å². The predicted octanol–water partition coefficient (Wildman–Crippen LogP) is 9.35. The molecule has 0 saturated heterocycles. The van der Waals surface area contributed by atoms with Crippen LogP contribution in [0.3, 0.4) is 0 Å². The van der Waals surface area contributed by atoms with E-state index >= 15 is 0 Å². The molecule has 0 fully saturated rings. The fraction of sp³-hybridized carbons (Fsp3) is 0.345. The van der Waals surface area contributed by atoms with Crippen LogP contribution in [-0.2, 0) is 6.42 Å². The minimum absolute atomic E-state index is 0.207. The van der Waals surface area contributed by atoms with Crippen molar-refractivity contribution in [1.82, 2.24) is 4.98 Å². The molecule has 0 aliphatic carbocycles. The molecule has 0 aliphatic rings. The minimum Gasteiger partial charge on any atom is -0.459 e. The molecule has 2 nitrogen and oxygen atoms in total. The van der Waals surface area contributed by atoms with Crippen LogP contribution in [0.5, 0.6) is 0 Å². The zero-order chi connectivity index (χ0) is 22.5. The van der Waals surface area contributed by atoms with E-state index in [2.05, 4.69) is 83.1 Å². The lowest BCUT2D eigenvalue weighted by atomic mass is 9.87. The Morgan fingerprint density at radius 3 is 2.50 bits per heavy atom. The molecule has 0 spiro atoms. The van der Waals surface area contributed by atoms with Crippen molar-refractivity contribution in [2.24, 2.45) is 5.41 Å². The molecule has 0 radical (unpaired) electrons. The van der Waals surface area contributed by atoms with Crippen LogP contribution in [0.1, 0.15) is 64.7 Å². The lowest BCUT2D eigenvalue weighted by Crippen LogP contribution is -2.08. The topological polar surface area (TPSA) is 26.0 Å². The molecule has 0 amide bonds. The van der Waals surface area contributed by atoms with Gasteiger partial charge in [0.25, 0.3) is 0 Å². The van der Waals surface area contributed by atoms with Crippen molar-refractivity contribution in [2.45, 2.75) is 59.8 Å². The number of aromatic nitrogens is 1. The quantitative estimate of drug-likeness (QED) is 0.271. The summed E-state index contributed by atoms with van der Waals surface area (Å²) in [5.41, 5.74) is 4.92. The van der Waals surface area contributed by atoms with E-state index in [0.29, 0.717) is 5.92 Å². The number of hydrogen-bond acceptors (Lipinski definition) is 3. The standard InChI is InChI=1S/C29H31NOS/c1-6-18(7-2)24-15-20(14-19-10-8-9-11-22(19)24)26-28-23(12-13-30-26)27-25(32-28)16-21(31-27)17-29(3,4)5/h8-16,18H,6-7,17H2,1-5H3. The first-order chi connectivity index (χ1) is 15.4. The second kappa shape index (κ2) is 8.04. The van der Waals surface area contributed by atoms with Gasteiger partial charge in [0.2, 0.25) is 0 Å². The average molecular weight is 442 g/mol. The molecule has 0 unspecified atom stereocenters. The maximum atomic E-state index is 6.34. The maximum absolute atomic E-state index is 6.34. The lowest BCUT2D eigenvalue weighted by Gasteiger charge is -2.18. The van der Waals surface area contributed by atoms with Gasteiger partial charge in [-0.2, -0.15) is 0 Å². The molecule has 2 aromatic carbocycles. The number of rotatable bonds is 5. The first kappa shape index (κ1) is 21.2. The molecule has 0 atom stereocenters. The lowest BCUT2D eigenvalue weighted by molar-refractivity contribution is 0.371. The highest BCUT2D eigenvalue weighted by Crippen LogP contribution is 2.42. The highest BCUT2D eigenvalue weighted by Gasteiger charge is 2.20. The second-order valence-electron chi connectivity index (χ2n) is 10.1. The van der Waals surface area contributed by atoms with E-state index in [1.807, 2.05) is 6.20 Å². The fourth-order valence-corrected chi connectivity index (χ4v) is 6.08. The first-order valence-corrected chi connectivity index (χ1v) is 12.5. The molecule has 3 heteroatoms. The van der Waals surface area contributed by atoms with Crippen LogP contribution >= 0.6 is 11.3 Å². The Labute approximate surface area is 194 Å². The molecule has 3 aromatic heterocycles. The van der Waals surface area contributed by atoms with E-state index in [0.717, 1.165) is 36.3 Å². The van der Waals surface area contributed by atoms with E-state index in [4.69, 9.17) is 9.40 Å². The van der Waals surface area contributed by atoms with Gasteiger partial charge in [-0.05, 0) is 64.8 Å². The zero-order valence-electron chi connectivity index (χ0n) is 19.7. The number of thiophene rings is 1. The van der Waals surface area contributed by atoms with E-state index in [1.165, 1.54) is 36.7 Å². The second-order valence-corrected chi connectivity index (χ2v) is 11.1. The summed E-state index contributed by atoms with van der Waals surface area (Å²) in [5, 5.41) is 3.83. The first-order valence-electron chi connectivity index (χ1n) is 11.7. The van der Waals surface area contributed by atoms with Crippen molar-refractivity contribution in [1.29, 1.82) is 0 Å². The number of benzene rings is 2. The van der Waals surface area contributed by atoms with Gasteiger partial charge in [0.1, 0.15) is 5.76 Å². The van der Waals surface area contributed by atoms with Crippen molar-refractivity contribution >= 4 is 42.5 Å². The molecule has 0 N–H and O–H groups in total. The highest BCUT2D eigenvalue weighted by atomic mass is 32.1.